The van der Waals surface area contributed by atoms with Crippen LogP contribution in [0.4, 0.5) is 0 Å². The summed E-state index contributed by atoms with van der Waals surface area (Å²) in [5, 5.41) is 3.70. The van der Waals surface area contributed by atoms with Gasteiger partial charge >= 0.3 is 0 Å². The number of carbonyl (C=O) groups excluding carboxylic acids is 1. The van der Waals surface area contributed by atoms with E-state index in [2.05, 4.69) is 12.1 Å². The summed E-state index contributed by atoms with van der Waals surface area (Å²) >= 11 is 7.57. The molecule has 0 saturated carbocycles. The molecule has 7 heteroatoms. The van der Waals surface area contributed by atoms with Crippen molar-refractivity contribution >= 4 is 28.8 Å². The normalized spacial score (nSPS) is 21.3. The third kappa shape index (κ3) is 2.85. The zero-order valence-corrected chi connectivity index (χ0v) is 14.0. The van der Waals surface area contributed by atoms with Crippen LogP contribution in [-0.4, -0.2) is 35.2 Å². The second-order valence-corrected chi connectivity index (χ2v) is 7.47. The Balaban J connectivity index is 1.80. The largest absolute Gasteiger partial charge is 0.479 e. The Morgan fingerprint density at radius 1 is 1.59 bits per heavy atom. The highest BCUT2D eigenvalue weighted by Gasteiger charge is 2.41. The minimum absolute atomic E-state index is 0.140. The second kappa shape index (κ2) is 5.93. The van der Waals surface area contributed by atoms with Gasteiger partial charge < -0.3 is 14.2 Å². The van der Waals surface area contributed by atoms with Gasteiger partial charge in [0.05, 0.1) is 17.5 Å². The molecule has 2 aromatic rings. The first-order valence-electron chi connectivity index (χ1n) is 7.09. The number of thiophene rings is 1. The lowest BCUT2D eigenvalue weighted by Gasteiger charge is -2.34. The van der Waals surface area contributed by atoms with E-state index in [1.54, 1.807) is 11.3 Å². The van der Waals surface area contributed by atoms with Crippen LogP contribution in [0.15, 0.2) is 22.7 Å². The summed E-state index contributed by atoms with van der Waals surface area (Å²) in [7, 11) is 1.49. The molecule has 1 aliphatic rings. The third-order valence-electron chi connectivity index (χ3n) is 4.09. The van der Waals surface area contributed by atoms with Crippen LogP contribution in [0, 0.1) is 0 Å². The zero-order chi connectivity index (χ0) is 15.7. The number of halogens is 1. The van der Waals surface area contributed by atoms with Crippen LogP contribution < -0.4 is 4.74 Å². The lowest BCUT2D eigenvalue weighted by molar-refractivity contribution is 0.0583. The van der Waals surface area contributed by atoms with Gasteiger partial charge in [-0.1, -0.05) is 11.6 Å². The highest BCUT2D eigenvalue weighted by atomic mass is 35.5. The van der Waals surface area contributed by atoms with E-state index in [0.717, 1.165) is 30.1 Å². The van der Waals surface area contributed by atoms with Crippen molar-refractivity contribution in [2.75, 3.05) is 13.7 Å². The first-order chi connectivity index (χ1) is 10.5. The molecular formula is C15H17ClN2O3S. The Bertz CT molecular complexity index is 684. The molecule has 0 spiro atoms. The fraction of sp³-hybridized carbons (Fsp3) is 0.467. The Kier molecular flexibility index (Phi) is 4.14. The second-order valence-electron chi connectivity index (χ2n) is 5.67. The first-order valence-corrected chi connectivity index (χ1v) is 8.28. The Morgan fingerprint density at radius 2 is 2.41 bits per heavy atom. The van der Waals surface area contributed by atoms with Crippen molar-refractivity contribution in [1.29, 1.82) is 0 Å². The van der Waals surface area contributed by atoms with Crippen molar-refractivity contribution in [2.45, 2.75) is 31.7 Å². The van der Waals surface area contributed by atoms with Gasteiger partial charge in [-0.2, -0.15) is 0 Å². The molecule has 3 rings (SSSR count). The van der Waals surface area contributed by atoms with Crippen LogP contribution in [0.1, 0.15) is 35.2 Å². The van der Waals surface area contributed by atoms with E-state index in [-0.39, 0.29) is 17.2 Å². The van der Waals surface area contributed by atoms with E-state index in [1.807, 2.05) is 17.0 Å². The van der Waals surface area contributed by atoms with E-state index in [0.29, 0.717) is 5.88 Å². The Labute approximate surface area is 137 Å². The molecule has 22 heavy (non-hydrogen) atoms. The summed E-state index contributed by atoms with van der Waals surface area (Å²) in [4.78, 5) is 15.8. The molecule has 0 N–H and O–H groups in total. The maximum Gasteiger partial charge on any atom is 0.293 e. The van der Waals surface area contributed by atoms with Crippen LogP contribution in [0.25, 0.3) is 0 Å². The molecule has 1 fully saturated rings. The molecule has 1 aliphatic heterocycles. The van der Waals surface area contributed by atoms with Crippen molar-refractivity contribution in [3.05, 3.63) is 33.2 Å². The highest BCUT2D eigenvalue weighted by Crippen LogP contribution is 2.36. The maximum absolute atomic E-state index is 12.7. The van der Waals surface area contributed by atoms with Gasteiger partial charge in [0.15, 0.2) is 0 Å². The molecule has 1 amide bonds. The van der Waals surface area contributed by atoms with Gasteiger partial charge in [-0.15, -0.1) is 11.3 Å². The van der Waals surface area contributed by atoms with Crippen molar-refractivity contribution < 1.29 is 14.1 Å². The fourth-order valence-electron chi connectivity index (χ4n) is 2.96. The number of likely N-dealkylation sites (tertiary alicyclic amines) is 1. The summed E-state index contributed by atoms with van der Waals surface area (Å²) in [5.41, 5.74) is -0.231. The van der Waals surface area contributed by atoms with E-state index in [1.165, 1.54) is 18.1 Å². The van der Waals surface area contributed by atoms with E-state index < -0.39 is 0 Å². The van der Waals surface area contributed by atoms with Crippen LogP contribution in [0.2, 0.25) is 4.34 Å². The zero-order valence-electron chi connectivity index (χ0n) is 12.5. The molecule has 1 saturated heterocycles. The van der Waals surface area contributed by atoms with Crippen LogP contribution in [0.5, 0.6) is 5.88 Å². The predicted molar refractivity (Wildman–Crippen MR) is 84.8 cm³/mol. The third-order valence-corrected chi connectivity index (χ3v) is 5.32. The maximum atomic E-state index is 12.7. The Morgan fingerprint density at radius 3 is 3.05 bits per heavy atom. The summed E-state index contributed by atoms with van der Waals surface area (Å²) in [6.45, 7) is 2.83. The fourth-order valence-corrected chi connectivity index (χ4v) is 4.23. The lowest BCUT2D eigenvalue weighted by atomic mass is 9.93. The topological polar surface area (TPSA) is 55.6 Å². The van der Waals surface area contributed by atoms with Gasteiger partial charge in [0.1, 0.15) is 0 Å². The number of ether oxygens (including phenoxy) is 1. The Hall–Kier alpha value is -1.53. The number of methoxy groups -OCH3 is 1. The first kappa shape index (κ1) is 15.4. The van der Waals surface area contributed by atoms with Crippen LogP contribution >= 0.6 is 22.9 Å². The molecular weight excluding hydrogens is 324 g/mol. The van der Waals surface area contributed by atoms with Crippen molar-refractivity contribution in [1.82, 2.24) is 10.1 Å². The van der Waals surface area contributed by atoms with Gasteiger partial charge in [0.2, 0.25) is 5.76 Å². The molecule has 0 aliphatic carbocycles. The minimum Gasteiger partial charge on any atom is -0.479 e. The molecule has 118 valence electrons. The van der Waals surface area contributed by atoms with Gasteiger partial charge in [0, 0.05) is 23.4 Å². The monoisotopic (exact) mass is 340 g/mol. The molecule has 3 heterocycles. The molecule has 0 radical (unpaired) electrons. The number of amides is 1. The average molecular weight is 341 g/mol. The summed E-state index contributed by atoms with van der Waals surface area (Å²) in [5.74, 6) is 0.391. The van der Waals surface area contributed by atoms with Crippen molar-refractivity contribution in [3.63, 3.8) is 0 Å². The molecule has 2 aromatic heterocycles. The molecule has 5 nitrogen and oxygen atoms in total. The average Bonchev–Trinajstić information content (AvgIpc) is 3.19. The number of hydrogen-bond acceptors (Lipinski definition) is 5. The molecule has 1 atom stereocenters. The van der Waals surface area contributed by atoms with E-state index >= 15 is 0 Å². The van der Waals surface area contributed by atoms with Gasteiger partial charge in [-0.3, -0.25) is 4.79 Å². The lowest BCUT2D eigenvalue weighted by Crippen LogP contribution is -2.46. The van der Waals surface area contributed by atoms with E-state index in [9.17, 15) is 4.79 Å². The predicted octanol–water partition coefficient (Wildman–Crippen LogP) is 3.64. The SMILES string of the molecule is COc1cc(C(=O)N2CCCC2(C)Cc2ccc(Cl)s2)on1. The van der Waals surface area contributed by atoms with Gasteiger partial charge in [-0.25, -0.2) is 0 Å². The minimum atomic E-state index is -0.231. The number of carbonyl (C=O) groups is 1. The van der Waals surface area contributed by atoms with Crippen molar-refractivity contribution in [2.24, 2.45) is 0 Å². The van der Waals surface area contributed by atoms with Gasteiger partial charge in [-0.05, 0) is 37.1 Å². The van der Waals surface area contributed by atoms with Crippen LogP contribution in [-0.2, 0) is 6.42 Å². The standard InChI is InChI=1S/C15H17ClN2O3S/c1-15(9-10-4-5-12(16)22-10)6-3-7-18(15)14(19)11-8-13(20-2)17-21-11/h4-5,8H,3,6-7,9H2,1-2H3. The number of aromatic nitrogens is 1. The summed E-state index contributed by atoms with van der Waals surface area (Å²) in [6, 6.07) is 5.45. The molecule has 1 unspecified atom stereocenters. The van der Waals surface area contributed by atoms with Gasteiger partial charge in [0.25, 0.3) is 11.8 Å². The molecule has 0 bridgehead atoms. The summed E-state index contributed by atoms with van der Waals surface area (Å²) < 4.78 is 10.8. The van der Waals surface area contributed by atoms with E-state index in [4.69, 9.17) is 20.9 Å². The quantitative estimate of drug-likeness (QED) is 0.852. The number of nitrogens with zero attached hydrogens (tertiary/aromatic N) is 2. The molecule has 0 aromatic carbocycles. The highest BCUT2D eigenvalue weighted by molar-refractivity contribution is 7.16. The van der Waals surface area contributed by atoms with Crippen molar-refractivity contribution in [3.8, 4) is 5.88 Å². The smallest absolute Gasteiger partial charge is 0.293 e. The van der Waals surface area contributed by atoms with Crippen LogP contribution in [0.3, 0.4) is 0 Å². The number of rotatable bonds is 4. The number of hydrogen-bond donors (Lipinski definition) is 0. The summed E-state index contributed by atoms with van der Waals surface area (Å²) in [6.07, 6.45) is 2.73.